The highest BCUT2D eigenvalue weighted by Crippen LogP contribution is 2.26. The van der Waals surface area contributed by atoms with E-state index in [1.807, 2.05) is 42.5 Å². The summed E-state index contributed by atoms with van der Waals surface area (Å²) in [6, 6.07) is 17.0. The van der Waals surface area contributed by atoms with Gasteiger partial charge in [-0.15, -0.1) is 0 Å². The topological polar surface area (TPSA) is 51.9 Å². The van der Waals surface area contributed by atoms with Gasteiger partial charge in [-0.3, -0.25) is 4.79 Å². The molecule has 5 nitrogen and oxygen atoms in total. The molecule has 3 aromatic rings. The van der Waals surface area contributed by atoms with E-state index in [9.17, 15) is 4.79 Å². The van der Waals surface area contributed by atoms with Crippen LogP contribution in [-0.2, 0) is 24.5 Å². The summed E-state index contributed by atoms with van der Waals surface area (Å²) >= 11 is 5.90. The molecule has 0 N–H and O–H groups in total. The van der Waals surface area contributed by atoms with E-state index in [0.717, 1.165) is 22.4 Å². The Morgan fingerprint density at radius 1 is 1.07 bits per heavy atom. The van der Waals surface area contributed by atoms with Crippen LogP contribution < -0.4 is 4.74 Å². The van der Waals surface area contributed by atoms with E-state index in [-0.39, 0.29) is 5.91 Å². The van der Waals surface area contributed by atoms with Gasteiger partial charge in [0.1, 0.15) is 12.4 Å². The van der Waals surface area contributed by atoms with Gasteiger partial charge in [0.25, 0.3) is 5.91 Å². The number of carbonyl (C=O) groups is 1. The lowest BCUT2D eigenvalue weighted by Gasteiger charge is -2.18. The number of nitrogens with zero attached hydrogens (tertiary/aromatic N) is 1. The zero-order chi connectivity index (χ0) is 19.3. The minimum Gasteiger partial charge on any atom is -0.491 e. The number of rotatable bonds is 5. The Balaban J connectivity index is 1.42. The van der Waals surface area contributed by atoms with Crippen LogP contribution in [0.25, 0.3) is 0 Å². The molecule has 28 heavy (non-hydrogen) atoms. The summed E-state index contributed by atoms with van der Waals surface area (Å²) in [4.78, 5) is 14.3. The largest absolute Gasteiger partial charge is 0.491 e. The molecule has 0 radical (unpaired) electrons. The van der Waals surface area contributed by atoms with E-state index in [1.165, 1.54) is 6.26 Å². The van der Waals surface area contributed by atoms with Crippen LogP contribution >= 0.6 is 11.6 Å². The van der Waals surface area contributed by atoms with Gasteiger partial charge in [-0.1, -0.05) is 29.8 Å². The molecule has 0 spiro atoms. The molecule has 1 aliphatic heterocycles. The number of hydrogen-bond donors (Lipinski definition) is 0. The molecule has 0 aliphatic carbocycles. The Hall–Kier alpha value is -2.76. The number of ether oxygens (including phenoxy) is 2. The normalized spacial score (nSPS) is 13.5. The van der Waals surface area contributed by atoms with Crippen molar-refractivity contribution in [3.8, 4) is 5.75 Å². The number of carbonyl (C=O) groups excluding carboxylic acids is 1. The quantitative estimate of drug-likeness (QED) is 0.627. The monoisotopic (exact) mass is 397 g/mol. The van der Waals surface area contributed by atoms with Crippen molar-refractivity contribution < 1.29 is 18.7 Å². The third-order valence-corrected chi connectivity index (χ3v) is 4.83. The molecule has 2 heterocycles. The van der Waals surface area contributed by atoms with E-state index in [2.05, 4.69) is 0 Å². The van der Waals surface area contributed by atoms with Gasteiger partial charge in [-0.05, 0) is 47.5 Å². The van der Waals surface area contributed by atoms with Crippen LogP contribution in [0.15, 0.2) is 65.3 Å². The van der Waals surface area contributed by atoms with Gasteiger partial charge in [0.2, 0.25) is 0 Å². The van der Waals surface area contributed by atoms with Crippen molar-refractivity contribution in [3.63, 3.8) is 0 Å². The fraction of sp³-hybridized carbons (Fsp3) is 0.227. The number of hydrogen-bond acceptors (Lipinski definition) is 4. The molecule has 0 saturated heterocycles. The molecule has 1 aromatic heterocycles. The molecule has 4 rings (SSSR count). The number of amides is 1. The van der Waals surface area contributed by atoms with Crippen molar-refractivity contribution >= 4 is 17.5 Å². The zero-order valence-corrected chi connectivity index (χ0v) is 16.0. The minimum atomic E-state index is -0.133. The second kappa shape index (κ2) is 8.50. The first-order chi connectivity index (χ1) is 13.7. The van der Waals surface area contributed by atoms with Crippen LogP contribution in [0.1, 0.15) is 27.2 Å². The maximum absolute atomic E-state index is 12.6. The Morgan fingerprint density at radius 2 is 1.86 bits per heavy atom. The van der Waals surface area contributed by atoms with E-state index >= 15 is 0 Å². The third kappa shape index (κ3) is 4.38. The maximum Gasteiger partial charge on any atom is 0.289 e. The number of halogens is 1. The Labute approximate surface area is 168 Å². The van der Waals surface area contributed by atoms with Crippen molar-refractivity contribution in [2.24, 2.45) is 0 Å². The molecule has 0 saturated carbocycles. The van der Waals surface area contributed by atoms with Crippen molar-refractivity contribution in [2.45, 2.75) is 19.8 Å². The van der Waals surface area contributed by atoms with Gasteiger partial charge < -0.3 is 18.8 Å². The average molecular weight is 398 g/mol. The first-order valence-electron chi connectivity index (χ1n) is 9.08. The van der Waals surface area contributed by atoms with Gasteiger partial charge in [0.05, 0.1) is 26.0 Å². The standard InChI is InChI=1S/C22H20ClNO4/c23-19-6-3-16(4-7-19)14-26-15-17-5-8-20-18(12-17)13-24(9-11-28-20)22(25)21-2-1-10-27-21/h1-8,10,12H,9,11,13-15H2. The highest BCUT2D eigenvalue weighted by molar-refractivity contribution is 6.30. The van der Waals surface area contributed by atoms with Gasteiger partial charge in [-0.2, -0.15) is 0 Å². The number of furan rings is 1. The smallest absolute Gasteiger partial charge is 0.289 e. The predicted octanol–water partition coefficient (Wildman–Crippen LogP) is 4.68. The van der Waals surface area contributed by atoms with E-state index in [0.29, 0.717) is 43.7 Å². The van der Waals surface area contributed by atoms with E-state index < -0.39 is 0 Å². The summed E-state index contributed by atoms with van der Waals surface area (Å²) in [6.45, 7) is 2.41. The first kappa shape index (κ1) is 18.6. The lowest BCUT2D eigenvalue weighted by atomic mass is 10.1. The van der Waals surface area contributed by atoms with Crippen LogP contribution in [0, 0.1) is 0 Å². The second-order valence-corrected chi connectivity index (χ2v) is 7.05. The van der Waals surface area contributed by atoms with Crippen molar-refractivity contribution in [3.05, 3.63) is 88.3 Å². The lowest BCUT2D eigenvalue weighted by Crippen LogP contribution is -2.32. The van der Waals surface area contributed by atoms with Crippen LogP contribution in [-0.4, -0.2) is 24.0 Å². The SMILES string of the molecule is O=C(c1ccco1)N1CCOc2ccc(COCc3ccc(Cl)cc3)cc2C1. The Bertz CT molecular complexity index is 938. The molecule has 0 unspecified atom stereocenters. The molecule has 1 aliphatic rings. The van der Waals surface area contributed by atoms with Gasteiger partial charge in [0.15, 0.2) is 5.76 Å². The highest BCUT2D eigenvalue weighted by Gasteiger charge is 2.22. The summed E-state index contributed by atoms with van der Waals surface area (Å²) in [5, 5.41) is 0.711. The summed E-state index contributed by atoms with van der Waals surface area (Å²) < 4.78 is 16.9. The van der Waals surface area contributed by atoms with Crippen LogP contribution in [0.5, 0.6) is 5.75 Å². The molecular weight excluding hydrogens is 378 g/mol. The van der Waals surface area contributed by atoms with Gasteiger partial charge in [0, 0.05) is 17.1 Å². The van der Waals surface area contributed by atoms with Gasteiger partial charge >= 0.3 is 0 Å². The molecular formula is C22H20ClNO4. The summed E-state index contributed by atoms with van der Waals surface area (Å²) in [5.74, 6) is 1.01. The molecule has 0 atom stereocenters. The molecule has 0 fully saturated rings. The Kier molecular flexibility index (Phi) is 5.65. The highest BCUT2D eigenvalue weighted by atomic mass is 35.5. The minimum absolute atomic E-state index is 0.133. The predicted molar refractivity (Wildman–Crippen MR) is 105 cm³/mol. The molecule has 144 valence electrons. The molecule has 2 aromatic carbocycles. The van der Waals surface area contributed by atoms with E-state index in [1.54, 1.807) is 17.0 Å². The van der Waals surface area contributed by atoms with Gasteiger partial charge in [-0.25, -0.2) is 0 Å². The third-order valence-electron chi connectivity index (χ3n) is 4.57. The maximum atomic E-state index is 12.6. The fourth-order valence-electron chi connectivity index (χ4n) is 3.13. The number of benzene rings is 2. The first-order valence-corrected chi connectivity index (χ1v) is 9.46. The van der Waals surface area contributed by atoms with Crippen LogP contribution in [0.2, 0.25) is 5.02 Å². The lowest BCUT2D eigenvalue weighted by molar-refractivity contribution is 0.0701. The summed E-state index contributed by atoms with van der Waals surface area (Å²) in [7, 11) is 0. The van der Waals surface area contributed by atoms with Crippen molar-refractivity contribution in [1.82, 2.24) is 4.90 Å². The summed E-state index contributed by atoms with van der Waals surface area (Å²) in [5.41, 5.74) is 3.06. The molecule has 6 heteroatoms. The van der Waals surface area contributed by atoms with Crippen LogP contribution in [0.4, 0.5) is 0 Å². The summed E-state index contributed by atoms with van der Waals surface area (Å²) in [6.07, 6.45) is 1.51. The fourth-order valence-corrected chi connectivity index (χ4v) is 3.26. The zero-order valence-electron chi connectivity index (χ0n) is 15.3. The average Bonchev–Trinajstić information content (AvgIpc) is 3.16. The Morgan fingerprint density at radius 3 is 2.64 bits per heavy atom. The van der Waals surface area contributed by atoms with E-state index in [4.69, 9.17) is 25.5 Å². The number of fused-ring (bicyclic) bond motifs is 1. The van der Waals surface area contributed by atoms with Crippen molar-refractivity contribution in [1.29, 1.82) is 0 Å². The molecule has 1 amide bonds. The van der Waals surface area contributed by atoms with Crippen molar-refractivity contribution in [2.75, 3.05) is 13.2 Å². The second-order valence-electron chi connectivity index (χ2n) is 6.61. The molecule has 0 bridgehead atoms. The van der Waals surface area contributed by atoms with Crippen LogP contribution in [0.3, 0.4) is 0 Å².